The molecule has 3 rings (SSSR count). The molecule has 1 aromatic carbocycles. The summed E-state index contributed by atoms with van der Waals surface area (Å²) in [5, 5.41) is 15.1. The van der Waals surface area contributed by atoms with Gasteiger partial charge in [-0.05, 0) is 22.6 Å². The molecule has 21 heavy (non-hydrogen) atoms. The number of benzene rings is 1. The predicted molar refractivity (Wildman–Crippen MR) is 81.8 cm³/mol. The van der Waals surface area contributed by atoms with Crippen LogP contribution in [0, 0.1) is 13.7 Å². The lowest BCUT2D eigenvalue weighted by atomic mass is 10.2. The molecule has 0 spiro atoms. The lowest BCUT2D eigenvalue weighted by Crippen LogP contribution is -2.01. The van der Waals surface area contributed by atoms with Gasteiger partial charge in [-0.2, -0.15) is 0 Å². The molecule has 0 aliphatic rings. The summed E-state index contributed by atoms with van der Waals surface area (Å²) < 4.78 is 2.34. The molecule has 0 radical (unpaired) electrons. The molecule has 0 fully saturated rings. The van der Waals surface area contributed by atoms with Gasteiger partial charge in [-0.1, -0.05) is 12.1 Å². The van der Waals surface area contributed by atoms with Gasteiger partial charge in [-0.25, -0.2) is 19.6 Å². The minimum atomic E-state index is -0.451. The molecular weight excluding hydrogens is 387 g/mol. The Morgan fingerprint density at radius 2 is 2.14 bits per heavy atom. The van der Waals surface area contributed by atoms with Crippen LogP contribution >= 0.6 is 22.6 Å². The first-order chi connectivity index (χ1) is 10.1. The Balaban J connectivity index is 2.01. The molecule has 0 atom stereocenters. The Kier molecular flexibility index (Phi) is 3.56. The number of nitrogens with zero attached hydrogens (tertiary/aromatic N) is 6. The first-order valence-corrected chi connectivity index (χ1v) is 6.85. The molecule has 104 valence electrons. The highest BCUT2D eigenvalue weighted by Crippen LogP contribution is 2.21. The van der Waals surface area contributed by atoms with E-state index in [1.807, 2.05) is 0 Å². The third-order valence-corrected chi connectivity index (χ3v) is 3.43. The third kappa shape index (κ3) is 2.72. The first kappa shape index (κ1) is 13.5. The maximum atomic E-state index is 10.8. The topological polar surface area (TPSA) is 99.6 Å². The zero-order valence-electron chi connectivity index (χ0n) is 10.4. The van der Waals surface area contributed by atoms with Gasteiger partial charge in [-0.3, -0.25) is 10.1 Å². The van der Waals surface area contributed by atoms with Crippen molar-refractivity contribution in [2.75, 3.05) is 0 Å². The maximum Gasteiger partial charge on any atom is 0.270 e. The molecule has 0 N–H and O–H groups in total. The maximum absolute atomic E-state index is 10.8. The van der Waals surface area contributed by atoms with Crippen molar-refractivity contribution in [1.82, 2.24) is 24.7 Å². The second kappa shape index (κ2) is 5.52. The van der Waals surface area contributed by atoms with E-state index in [1.165, 1.54) is 29.5 Å². The number of hydrogen-bond acceptors (Lipinski definition) is 6. The van der Waals surface area contributed by atoms with E-state index in [0.29, 0.717) is 17.2 Å². The minimum absolute atomic E-state index is 0.000432. The summed E-state index contributed by atoms with van der Waals surface area (Å²) in [5.41, 5.74) is 0.576. The largest absolute Gasteiger partial charge is 0.270 e. The summed E-state index contributed by atoms with van der Waals surface area (Å²) in [5.74, 6) is 1.00. The molecule has 9 heteroatoms. The summed E-state index contributed by atoms with van der Waals surface area (Å²) in [6.07, 6.45) is 4.60. The van der Waals surface area contributed by atoms with Crippen molar-refractivity contribution in [3.63, 3.8) is 0 Å². The van der Waals surface area contributed by atoms with Crippen LogP contribution in [0.15, 0.2) is 43.1 Å². The van der Waals surface area contributed by atoms with Crippen molar-refractivity contribution >= 4 is 28.3 Å². The summed E-state index contributed by atoms with van der Waals surface area (Å²) in [6, 6.07) is 6.18. The number of halogens is 1. The fraction of sp³-hybridized carbons (Fsp3) is 0. The van der Waals surface area contributed by atoms with Gasteiger partial charge >= 0.3 is 0 Å². The van der Waals surface area contributed by atoms with Crippen LogP contribution in [-0.2, 0) is 0 Å². The minimum Gasteiger partial charge on any atom is -0.258 e. The second-order valence-electron chi connectivity index (χ2n) is 4.01. The zero-order valence-corrected chi connectivity index (χ0v) is 12.6. The van der Waals surface area contributed by atoms with Crippen molar-refractivity contribution in [3.8, 4) is 17.2 Å². The van der Waals surface area contributed by atoms with E-state index < -0.39 is 4.92 Å². The highest BCUT2D eigenvalue weighted by molar-refractivity contribution is 14.1. The molecule has 0 unspecified atom stereocenters. The number of non-ortho nitro benzene ring substituents is 1. The molecule has 0 aliphatic carbocycles. The molecule has 2 heterocycles. The standard InChI is InChI=1S/C12H7IN6O2/c13-10-5-14-6-15-12(10)18-7-16-11(17-18)8-2-1-3-9(4-8)19(20)21/h1-7H. The molecule has 2 aromatic heterocycles. The molecular formula is C12H7IN6O2. The van der Waals surface area contributed by atoms with E-state index in [2.05, 4.69) is 42.6 Å². The molecule has 0 bridgehead atoms. The van der Waals surface area contributed by atoms with E-state index in [9.17, 15) is 10.1 Å². The fourth-order valence-corrected chi connectivity index (χ4v) is 2.28. The Morgan fingerprint density at radius 1 is 1.29 bits per heavy atom. The van der Waals surface area contributed by atoms with Crippen LogP contribution in [0.1, 0.15) is 0 Å². The number of rotatable bonds is 3. The highest BCUT2D eigenvalue weighted by Gasteiger charge is 2.12. The Hall–Kier alpha value is -2.43. The van der Waals surface area contributed by atoms with Crippen LogP contribution < -0.4 is 0 Å². The van der Waals surface area contributed by atoms with Gasteiger partial charge in [0.2, 0.25) is 0 Å². The average Bonchev–Trinajstić information content (AvgIpc) is 2.97. The predicted octanol–water partition coefficient (Wildman–Crippen LogP) is 2.24. The summed E-state index contributed by atoms with van der Waals surface area (Å²) >= 11 is 2.10. The van der Waals surface area contributed by atoms with Gasteiger partial charge in [-0.15, -0.1) is 5.10 Å². The molecule has 8 nitrogen and oxygen atoms in total. The second-order valence-corrected chi connectivity index (χ2v) is 5.18. The van der Waals surface area contributed by atoms with Crippen molar-refractivity contribution in [1.29, 1.82) is 0 Å². The van der Waals surface area contributed by atoms with Crippen LogP contribution in [0.2, 0.25) is 0 Å². The van der Waals surface area contributed by atoms with E-state index in [1.54, 1.807) is 18.3 Å². The van der Waals surface area contributed by atoms with Gasteiger partial charge in [0.05, 0.1) is 8.49 Å². The quantitative estimate of drug-likeness (QED) is 0.384. The molecule has 0 saturated carbocycles. The van der Waals surface area contributed by atoms with Crippen molar-refractivity contribution in [2.24, 2.45) is 0 Å². The van der Waals surface area contributed by atoms with Gasteiger partial charge in [0.1, 0.15) is 12.7 Å². The SMILES string of the molecule is O=[N+]([O-])c1cccc(-c2ncn(-c3ncncc3I)n2)c1. The van der Waals surface area contributed by atoms with Crippen LogP contribution in [0.4, 0.5) is 5.69 Å². The lowest BCUT2D eigenvalue weighted by molar-refractivity contribution is -0.384. The van der Waals surface area contributed by atoms with Crippen LogP contribution in [0.25, 0.3) is 17.2 Å². The van der Waals surface area contributed by atoms with Gasteiger partial charge < -0.3 is 0 Å². The smallest absolute Gasteiger partial charge is 0.258 e. The van der Waals surface area contributed by atoms with E-state index in [-0.39, 0.29) is 5.69 Å². The van der Waals surface area contributed by atoms with Crippen molar-refractivity contribution < 1.29 is 4.92 Å². The normalized spacial score (nSPS) is 10.5. The average molecular weight is 394 g/mol. The highest BCUT2D eigenvalue weighted by atomic mass is 127. The van der Waals surface area contributed by atoms with Crippen LogP contribution in [0.3, 0.4) is 0 Å². The number of hydrogen-bond donors (Lipinski definition) is 0. The van der Waals surface area contributed by atoms with Crippen molar-refractivity contribution in [3.05, 3.63) is 56.8 Å². The van der Waals surface area contributed by atoms with Crippen LogP contribution in [0.5, 0.6) is 0 Å². The monoisotopic (exact) mass is 394 g/mol. The summed E-state index contributed by atoms with van der Waals surface area (Å²) in [6.45, 7) is 0. The molecule has 3 aromatic rings. The van der Waals surface area contributed by atoms with E-state index in [0.717, 1.165) is 3.57 Å². The zero-order chi connectivity index (χ0) is 14.8. The van der Waals surface area contributed by atoms with Gasteiger partial charge in [0.25, 0.3) is 5.69 Å². The van der Waals surface area contributed by atoms with E-state index >= 15 is 0 Å². The van der Waals surface area contributed by atoms with Crippen molar-refractivity contribution in [2.45, 2.75) is 0 Å². The Bertz CT molecular complexity index is 819. The Labute approximate surface area is 132 Å². The summed E-state index contributed by atoms with van der Waals surface area (Å²) in [4.78, 5) is 22.6. The summed E-state index contributed by atoms with van der Waals surface area (Å²) in [7, 11) is 0. The van der Waals surface area contributed by atoms with Gasteiger partial charge in [0, 0.05) is 23.9 Å². The number of aromatic nitrogens is 5. The fourth-order valence-electron chi connectivity index (χ4n) is 1.73. The lowest BCUT2D eigenvalue weighted by Gasteiger charge is -2.00. The van der Waals surface area contributed by atoms with E-state index in [4.69, 9.17) is 0 Å². The molecule has 0 saturated heterocycles. The number of nitro groups is 1. The Morgan fingerprint density at radius 3 is 2.90 bits per heavy atom. The molecule has 0 amide bonds. The van der Waals surface area contributed by atoms with Crippen LogP contribution in [-0.4, -0.2) is 29.7 Å². The number of nitro benzene ring substituents is 1. The molecule has 0 aliphatic heterocycles. The first-order valence-electron chi connectivity index (χ1n) is 5.77. The third-order valence-electron chi connectivity index (χ3n) is 2.67. The van der Waals surface area contributed by atoms with Gasteiger partial charge in [0.15, 0.2) is 11.6 Å².